The Morgan fingerprint density at radius 3 is 2.03 bits per heavy atom. The first-order valence-electron chi connectivity index (χ1n) is 11.2. The quantitative estimate of drug-likeness (QED) is 0.305. The van der Waals surface area contributed by atoms with E-state index in [0.717, 1.165) is 24.3 Å². The zero-order valence-corrected chi connectivity index (χ0v) is 18.1. The van der Waals surface area contributed by atoms with E-state index in [1.165, 1.54) is 6.08 Å². The largest absolute Gasteiger partial charge is 0.494 e. The van der Waals surface area contributed by atoms with Gasteiger partial charge < -0.3 is 9.47 Å². The van der Waals surface area contributed by atoms with Crippen LogP contribution in [0.25, 0.3) is 0 Å². The first-order valence-corrected chi connectivity index (χ1v) is 11.2. The molecule has 0 radical (unpaired) electrons. The molecule has 1 aromatic rings. The Bertz CT molecular complexity index is 751. The van der Waals surface area contributed by atoms with E-state index in [2.05, 4.69) is 6.58 Å². The molecule has 0 aromatic heterocycles. The average molecular weight is 441 g/mol. The normalized spacial score (nSPS) is 29.1. The second-order valence-corrected chi connectivity index (χ2v) is 8.71. The summed E-state index contributed by atoms with van der Waals surface area (Å²) in [6, 6.07) is 7.41. The van der Waals surface area contributed by atoms with Crippen LogP contribution in [0.2, 0.25) is 0 Å². The molecule has 2 aliphatic carbocycles. The summed E-state index contributed by atoms with van der Waals surface area (Å²) >= 11 is 0. The molecular formula is C25H32F4O2. The van der Waals surface area contributed by atoms with Gasteiger partial charge in [0.05, 0.1) is 13.2 Å². The van der Waals surface area contributed by atoms with Gasteiger partial charge in [-0.2, -0.15) is 0 Å². The SMILES string of the molecule is C=CC1CCC(/C(F)=C(\F)C2CCC(COc3ccc(OCC)cc3)CC2)CC1(F)F. The lowest BCUT2D eigenvalue weighted by atomic mass is 9.76. The smallest absolute Gasteiger partial charge is 0.254 e. The fourth-order valence-electron chi connectivity index (χ4n) is 4.67. The van der Waals surface area contributed by atoms with E-state index in [1.54, 1.807) is 0 Å². The first kappa shape index (κ1) is 23.7. The van der Waals surface area contributed by atoms with Crippen molar-refractivity contribution in [1.29, 1.82) is 0 Å². The highest BCUT2D eigenvalue weighted by Crippen LogP contribution is 2.46. The lowest BCUT2D eigenvalue weighted by molar-refractivity contribution is -0.0825. The van der Waals surface area contributed by atoms with Crippen LogP contribution in [0, 0.1) is 23.7 Å². The summed E-state index contributed by atoms with van der Waals surface area (Å²) in [5.74, 6) is -5.51. The van der Waals surface area contributed by atoms with Gasteiger partial charge in [0.15, 0.2) is 0 Å². The van der Waals surface area contributed by atoms with Gasteiger partial charge in [-0.15, -0.1) is 6.58 Å². The van der Waals surface area contributed by atoms with Crippen LogP contribution in [0.1, 0.15) is 51.9 Å². The van der Waals surface area contributed by atoms with Gasteiger partial charge in [-0.3, -0.25) is 0 Å². The van der Waals surface area contributed by atoms with E-state index in [0.29, 0.717) is 26.1 Å². The van der Waals surface area contributed by atoms with Crippen molar-refractivity contribution in [1.82, 2.24) is 0 Å². The van der Waals surface area contributed by atoms with Crippen molar-refractivity contribution in [3.63, 3.8) is 0 Å². The highest BCUT2D eigenvalue weighted by molar-refractivity contribution is 5.31. The van der Waals surface area contributed by atoms with Crippen LogP contribution in [-0.2, 0) is 0 Å². The molecular weight excluding hydrogens is 408 g/mol. The summed E-state index contributed by atoms with van der Waals surface area (Å²) in [5.41, 5.74) is 0. The Kier molecular flexibility index (Phi) is 8.06. The van der Waals surface area contributed by atoms with Gasteiger partial charge in [0.1, 0.15) is 23.2 Å². The van der Waals surface area contributed by atoms with Gasteiger partial charge in [-0.25, -0.2) is 17.6 Å². The van der Waals surface area contributed by atoms with Crippen molar-refractivity contribution >= 4 is 0 Å². The molecule has 0 heterocycles. The lowest BCUT2D eigenvalue weighted by Gasteiger charge is -2.34. The maximum Gasteiger partial charge on any atom is 0.254 e. The van der Waals surface area contributed by atoms with E-state index in [9.17, 15) is 17.6 Å². The number of benzene rings is 1. The molecule has 2 unspecified atom stereocenters. The number of ether oxygens (including phenoxy) is 2. The summed E-state index contributed by atoms with van der Waals surface area (Å²) in [6.45, 7) is 6.48. The zero-order valence-electron chi connectivity index (χ0n) is 18.1. The minimum absolute atomic E-state index is 0.136. The van der Waals surface area contributed by atoms with Crippen LogP contribution in [0.5, 0.6) is 11.5 Å². The molecule has 2 aliphatic rings. The molecule has 0 aliphatic heterocycles. The number of halogens is 4. The van der Waals surface area contributed by atoms with E-state index < -0.39 is 41.8 Å². The van der Waals surface area contributed by atoms with Gasteiger partial charge in [-0.05, 0) is 75.6 Å². The average Bonchev–Trinajstić information content (AvgIpc) is 2.77. The molecule has 2 nitrogen and oxygen atoms in total. The standard InChI is InChI=1S/C25H32F4O2/c1-3-20-10-9-19(15-25(20,28)29)24(27)23(26)18-7-5-17(6-8-18)16-31-22-13-11-21(12-14-22)30-4-2/h3,11-14,17-20H,1,4-10,15-16H2,2H3/b24-23+. The second-order valence-electron chi connectivity index (χ2n) is 8.71. The molecule has 31 heavy (non-hydrogen) atoms. The van der Waals surface area contributed by atoms with Crippen LogP contribution >= 0.6 is 0 Å². The lowest BCUT2D eigenvalue weighted by Crippen LogP contribution is -2.35. The molecule has 1 aromatic carbocycles. The highest BCUT2D eigenvalue weighted by atomic mass is 19.3. The Labute approximate surface area is 182 Å². The third-order valence-electron chi connectivity index (χ3n) is 6.58. The number of rotatable bonds is 8. The van der Waals surface area contributed by atoms with E-state index >= 15 is 0 Å². The fraction of sp³-hybridized carbons (Fsp3) is 0.600. The van der Waals surface area contributed by atoms with Crippen molar-refractivity contribution in [2.24, 2.45) is 23.7 Å². The number of hydrogen-bond donors (Lipinski definition) is 0. The van der Waals surface area contributed by atoms with Crippen LogP contribution < -0.4 is 9.47 Å². The van der Waals surface area contributed by atoms with Gasteiger partial charge in [0.2, 0.25) is 0 Å². The predicted octanol–water partition coefficient (Wildman–Crippen LogP) is 7.66. The van der Waals surface area contributed by atoms with Crippen molar-refractivity contribution in [3.8, 4) is 11.5 Å². The van der Waals surface area contributed by atoms with Gasteiger partial charge in [0.25, 0.3) is 5.92 Å². The molecule has 0 spiro atoms. The van der Waals surface area contributed by atoms with Crippen LogP contribution in [0.4, 0.5) is 17.6 Å². The molecule has 2 fully saturated rings. The first-order chi connectivity index (χ1) is 14.8. The zero-order chi connectivity index (χ0) is 22.4. The molecule has 0 amide bonds. The van der Waals surface area contributed by atoms with Crippen LogP contribution in [0.3, 0.4) is 0 Å². The topological polar surface area (TPSA) is 18.5 Å². The molecule has 2 saturated carbocycles. The number of allylic oxidation sites excluding steroid dienone is 3. The monoisotopic (exact) mass is 440 g/mol. The molecule has 0 saturated heterocycles. The molecule has 172 valence electrons. The van der Waals surface area contributed by atoms with Gasteiger partial charge in [0, 0.05) is 24.2 Å². The van der Waals surface area contributed by atoms with Crippen molar-refractivity contribution in [2.75, 3.05) is 13.2 Å². The molecule has 0 N–H and O–H groups in total. The minimum Gasteiger partial charge on any atom is -0.494 e. The van der Waals surface area contributed by atoms with Crippen LogP contribution in [-0.4, -0.2) is 19.1 Å². The Hall–Kier alpha value is -1.98. The minimum atomic E-state index is -3.03. The maximum atomic E-state index is 14.8. The summed E-state index contributed by atoms with van der Waals surface area (Å²) < 4.78 is 69.0. The van der Waals surface area contributed by atoms with Gasteiger partial charge in [-0.1, -0.05) is 6.08 Å². The highest BCUT2D eigenvalue weighted by Gasteiger charge is 2.45. The molecule has 2 atom stereocenters. The fourth-order valence-corrected chi connectivity index (χ4v) is 4.67. The van der Waals surface area contributed by atoms with Crippen molar-refractivity contribution in [2.45, 2.75) is 57.8 Å². The summed E-state index contributed by atoms with van der Waals surface area (Å²) in [4.78, 5) is 0. The third kappa shape index (κ3) is 6.05. The Balaban J connectivity index is 1.48. The van der Waals surface area contributed by atoms with Crippen LogP contribution in [0.15, 0.2) is 48.6 Å². The second kappa shape index (κ2) is 10.6. The molecule has 3 rings (SSSR count). The van der Waals surface area contributed by atoms with E-state index in [-0.39, 0.29) is 18.8 Å². The van der Waals surface area contributed by atoms with Crippen molar-refractivity contribution in [3.05, 3.63) is 48.6 Å². The predicted molar refractivity (Wildman–Crippen MR) is 114 cm³/mol. The Morgan fingerprint density at radius 2 is 1.48 bits per heavy atom. The molecule has 0 bridgehead atoms. The van der Waals surface area contributed by atoms with E-state index in [1.807, 2.05) is 31.2 Å². The third-order valence-corrected chi connectivity index (χ3v) is 6.58. The number of alkyl halides is 2. The summed E-state index contributed by atoms with van der Waals surface area (Å²) in [7, 11) is 0. The molecule has 6 heteroatoms. The van der Waals surface area contributed by atoms with Crippen molar-refractivity contribution < 1.29 is 27.0 Å². The van der Waals surface area contributed by atoms with E-state index in [4.69, 9.17) is 9.47 Å². The maximum absolute atomic E-state index is 14.8. The van der Waals surface area contributed by atoms with Gasteiger partial charge >= 0.3 is 0 Å². The summed E-state index contributed by atoms with van der Waals surface area (Å²) in [5, 5.41) is 0. The Morgan fingerprint density at radius 1 is 0.935 bits per heavy atom. The number of hydrogen-bond acceptors (Lipinski definition) is 2. The summed E-state index contributed by atoms with van der Waals surface area (Å²) in [6.07, 6.45) is 3.42.